The van der Waals surface area contributed by atoms with Crippen LogP contribution in [0.1, 0.15) is 30.5 Å². The van der Waals surface area contributed by atoms with E-state index in [1.807, 2.05) is 31.2 Å². The van der Waals surface area contributed by atoms with E-state index in [9.17, 15) is 9.50 Å². The Hall–Kier alpha value is -1.91. The highest BCUT2D eigenvalue weighted by molar-refractivity contribution is 14.0. The topological polar surface area (TPSA) is 69.1 Å². The number of hydrogen-bond acceptors (Lipinski definition) is 4. The van der Waals surface area contributed by atoms with Crippen molar-refractivity contribution < 1.29 is 14.2 Å². The van der Waals surface area contributed by atoms with Crippen molar-refractivity contribution in [3.05, 3.63) is 65.5 Å². The van der Waals surface area contributed by atoms with Crippen molar-refractivity contribution in [2.75, 3.05) is 45.9 Å². The Kier molecular flexibility index (Phi) is 11.8. The smallest absolute Gasteiger partial charge is 0.191 e. The third-order valence-electron chi connectivity index (χ3n) is 5.38. The molecular formula is C24H34FIN4O2. The Labute approximate surface area is 207 Å². The van der Waals surface area contributed by atoms with Crippen LogP contribution in [-0.4, -0.2) is 61.9 Å². The van der Waals surface area contributed by atoms with E-state index in [2.05, 4.69) is 15.5 Å². The summed E-state index contributed by atoms with van der Waals surface area (Å²) in [6.07, 6.45) is 1.89. The fourth-order valence-electron chi connectivity index (χ4n) is 3.69. The Balaban J connectivity index is 0.00000363. The second-order valence-corrected chi connectivity index (χ2v) is 7.63. The van der Waals surface area contributed by atoms with Gasteiger partial charge in [0.25, 0.3) is 0 Å². The van der Waals surface area contributed by atoms with Gasteiger partial charge in [-0.05, 0) is 55.2 Å². The molecule has 3 rings (SSSR count). The van der Waals surface area contributed by atoms with E-state index in [0.717, 1.165) is 50.5 Å². The number of ether oxygens (including phenoxy) is 1. The van der Waals surface area contributed by atoms with Gasteiger partial charge in [-0.3, -0.25) is 9.89 Å². The highest BCUT2D eigenvalue weighted by Gasteiger charge is 2.22. The number of guanidine groups is 1. The Bertz CT molecular complexity index is 812. The summed E-state index contributed by atoms with van der Waals surface area (Å²) in [4.78, 5) is 7.18. The second-order valence-electron chi connectivity index (χ2n) is 7.63. The molecule has 0 bridgehead atoms. The van der Waals surface area contributed by atoms with Crippen LogP contribution in [0, 0.1) is 5.82 Å². The highest BCUT2D eigenvalue weighted by Crippen LogP contribution is 2.22. The number of phenols is 1. The van der Waals surface area contributed by atoms with Crippen molar-refractivity contribution in [2.24, 2.45) is 4.99 Å². The molecule has 32 heavy (non-hydrogen) atoms. The number of benzene rings is 2. The minimum Gasteiger partial charge on any atom is -0.508 e. The number of aliphatic imine (C=N–C) groups is 1. The molecule has 1 heterocycles. The maximum atomic E-state index is 13.4. The molecule has 6 nitrogen and oxygen atoms in total. The van der Waals surface area contributed by atoms with E-state index in [0.29, 0.717) is 25.5 Å². The summed E-state index contributed by atoms with van der Waals surface area (Å²) in [6, 6.07) is 14.1. The lowest BCUT2D eigenvalue weighted by atomic mass is 10.0. The molecule has 1 saturated heterocycles. The van der Waals surface area contributed by atoms with Gasteiger partial charge in [0.2, 0.25) is 0 Å². The molecule has 0 spiro atoms. The van der Waals surface area contributed by atoms with Gasteiger partial charge in [0.15, 0.2) is 5.96 Å². The molecule has 2 aromatic carbocycles. The molecular weight excluding hydrogens is 522 g/mol. The van der Waals surface area contributed by atoms with Crippen LogP contribution in [0.15, 0.2) is 53.5 Å². The van der Waals surface area contributed by atoms with E-state index < -0.39 is 0 Å². The highest BCUT2D eigenvalue weighted by atomic mass is 127. The van der Waals surface area contributed by atoms with Crippen LogP contribution in [0.5, 0.6) is 5.75 Å². The van der Waals surface area contributed by atoms with Crippen molar-refractivity contribution in [3.8, 4) is 5.75 Å². The lowest BCUT2D eigenvalue weighted by molar-refractivity contribution is 0.0179. The predicted octanol–water partition coefficient (Wildman–Crippen LogP) is 3.71. The monoisotopic (exact) mass is 556 g/mol. The summed E-state index contributed by atoms with van der Waals surface area (Å²) < 4.78 is 18.9. The molecule has 1 aliphatic rings. The molecule has 2 aromatic rings. The minimum absolute atomic E-state index is 0. The maximum absolute atomic E-state index is 13.4. The maximum Gasteiger partial charge on any atom is 0.191 e. The average Bonchev–Trinajstić information content (AvgIpc) is 2.80. The van der Waals surface area contributed by atoms with Gasteiger partial charge >= 0.3 is 0 Å². The van der Waals surface area contributed by atoms with E-state index in [1.165, 1.54) is 17.7 Å². The van der Waals surface area contributed by atoms with E-state index in [4.69, 9.17) is 9.73 Å². The lowest BCUT2D eigenvalue weighted by Crippen LogP contribution is -2.42. The van der Waals surface area contributed by atoms with Crippen molar-refractivity contribution in [1.29, 1.82) is 0 Å². The number of rotatable bonds is 9. The predicted molar refractivity (Wildman–Crippen MR) is 137 cm³/mol. The summed E-state index contributed by atoms with van der Waals surface area (Å²) in [5.41, 5.74) is 2.26. The summed E-state index contributed by atoms with van der Waals surface area (Å²) in [7, 11) is 0. The molecule has 0 amide bonds. The van der Waals surface area contributed by atoms with Gasteiger partial charge in [-0.1, -0.05) is 24.3 Å². The van der Waals surface area contributed by atoms with E-state index >= 15 is 0 Å². The largest absolute Gasteiger partial charge is 0.508 e. The van der Waals surface area contributed by atoms with Crippen molar-refractivity contribution in [2.45, 2.75) is 25.8 Å². The third-order valence-corrected chi connectivity index (χ3v) is 5.38. The first-order valence-corrected chi connectivity index (χ1v) is 11.0. The van der Waals surface area contributed by atoms with Gasteiger partial charge < -0.3 is 20.5 Å². The van der Waals surface area contributed by atoms with Gasteiger partial charge in [0.1, 0.15) is 11.6 Å². The number of aromatic hydroxyl groups is 1. The van der Waals surface area contributed by atoms with Gasteiger partial charge in [-0.2, -0.15) is 0 Å². The first-order valence-electron chi connectivity index (χ1n) is 11.0. The molecule has 176 valence electrons. The number of aryl methyl sites for hydroxylation is 1. The summed E-state index contributed by atoms with van der Waals surface area (Å²) in [5.74, 6) is 0.851. The quantitative estimate of drug-likeness (QED) is 0.190. The van der Waals surface area contributed by atoms with Gasteiger partial charge in [0, 0.05) is 26.2 Å². The third kappa shape index (κ3) is 8.55. The molecule has 3 N–H and O–H groups in total. The molecule has 1 fully saturated rings. The van der Waals surface area contributed by atoms with Gasteiger partial charge in [-0.25, -0.2) is 4.39 Å². The summed E-state index contributed by atoms with van der Waals surface area (Å²) in [5, 5.41) is 16.1. The summed E-state index contributed by atoms with van der Waals surface area (Å²) in [6.45, 7) is 7.30. The number of halogens is 2. The standard InChI is InChI=1S/C24H33FN4O2.HI/c1-2-26-24(27-13-3-4-19-5-11-22(30)12-6-19)28-18-23(29-14-16-31-17-15-29)20-7-9-21(25)10-8-20;/h5-12,23,30H,2-4,13-18H2,1H3,(H2,26,27,28);1H. The van der Waals surface area contributed by atoms with Crippen LogP contribution in [0.25, 0.3) is 0 Å². The molecule has 8 heteroatoms. The average molecular weight is 556 g/mol. The van der Waals surface area contributed by atoms with Crippen LogP contribution in [0.2, 0.25) is 0 Å². The fraction of sp³-hybridized carbons (Fsp3) is 0.458. The van der Waals surface area contributed by atoms with Gasteiger partial charge in [0.05, 0.1) is 25.8 Å². The fourth-order valence-corrected chi connectivity index (χ4v) is 3.69. The molecule has 1 unspecified atom stereocenters. The number of hydrogen-bond donors (Lipinski definition) is 3. The van der Waals surface area contributed by atoms with E-state index in [1.54, 1.807) is 12.1 Å². The lowest BCUT2D eigenvalue weighted by Gasteiger charge is -2.34. The van der Waals surface area contributed by atoms with Crippen LogP contribution in [-0.2, 0) is 11.2 Å². The normalized spacial score (nSPS) is 15.6. The summed E-state index contributed by atoms with van der Waals surface area (Å²) >= 11 is 0. The first-order chi connectivity index (χ1) is 15.2. The second kappa shape index (κ2) is 14.3. The van der Waals surface area contributed by atoms with Gasteiger partial charge in [-0.15, -0.1) is 24.0 Å². The first kappa shape index (κ1) is 26.3. The van der Waals surface area contributed by atoms with E-state index in [-0.39, 0.29) is 35.8 Å². The van der Waals surface area contributed by atoms with Crippen LogP contribution in [0.3, 0.4) is 0 Å². The van der Waals surface area contributed by atoms with Crippen LogP contribution in [0.4, 0.5) is 4.39 Å². The molecule has 1 aliphatic heterocycles. The molecule has 0 aromatic heterocycles. The van der Waals surface area contributed by atoms with Crippen molar-refractivity contribution in [3.63, 3.8) is 0 Å². The zero-order valence-corrected chi connectivity index (χ0v) is 20.9. The minimum atomic E-state index is -0.225. The van der Waals surface area contributed by atoms with Crippen molar-refractivity contribution in [1.82, 2.24) is 15.5 Å². The molecule has 1 atom stereocenters. The number of nitrogens with zero attached hydrogens (tertiary/aromatic N) is 2. The Morgan fingerprint density at radius 2 is 1.78 bits per heavy atom. The Morgan fingerprint density at radius 1 is 1.09 bits per heavy atom. The number of nitrogens with one attached hydrogen (secondary N) is 2. The zero-order valence-electron chi connectivity index (χ0n) is 18.6. The zero-order chi connectivity index (χ0) is 21.9. The number of morpholine rings is 1. The molecule has 0 aliphatic carbocycles. The van der Waals surface area contributed by atoms with Crippen LogP contribution < -0.4 is 10.6 Å². The molecule has 0 saturated carbocycles. The number of phenolic OH excluding ortho intramolecular Hbond substituents is 1. The van der Waals surface area contributed by atoms with Crippen molar-refractivity contribution >= 4 is 29.9 Å². The Morgan fingerprint density at radius 3 is 2.44 bits per heavy atom. The van der Waals surface area contributed by atoms with Crippen LogP contribution >= 0.6 is 24.0 Å². The molecule has 0 radical (unpaired) electrons. The SMILES string of the molecule is CCNC(=NCC(c1ccc(F)cc1)N1CCOCC1)NCCCc1ccc(O)cc1.I.